The number of aryl methyl sites for hydroxylation is 1. The number of nitrogens with one attached hydrogen (secondary N) is 1. The van der Waals surface area contributed by atoms with Gasteiger partial charge in [-0.3, -0.25) is 14.9 Å². The molecule has 9 heteroatoms. The average molecular weight is 397 g/mol. The summed E-state index contributed by atoms with van der Waals surface area (Å²) >= 11 is 7.22. The first-order chi connectivity index (χ1) is 12.1. The molecule has 0 aliphatic carbocycles. The van der Waals surface area contributed by atoms with Crippen LogP contribution in [0.15, 0.2) is 18.2 Å². The molecular weight excluding hydrogens is 380 g/mol. The molecule has 2 aromatic rings. The molecule has 138 valence electrons. The summed E-state index contributed by atoms with van der Waals surface area (Å²) in [5.41, 5.74) is 0.683. The molecule has 0 aliphatic rings. The standard InChI is InChI=1S/C17H17ClN2O5S/c1-8(2)25-17(22)14-9(3)10(4)26-16(14)19-15(21)12-7-11(20(23)24)5-6-13(12)18/h5-8H,1-4H3,(H,19,21). The second-order valence-corrected chi connectivity index (χ2v) is 7.45. The van der Waals surface area contributed by atoms with E-state index in [-0.39, 0.29) is 27.9 Å². The SMILES string of the molecule is Cc1sc(NC(=O)c2cc([N+](=O)[O-])ccc2Cl)c(C(=O)OC(C)C)c1C. The average Bonchev–Trinajstić information content (AvgIpc) is 2.80. The Morgan fingerprint density at radius 1 is 1.31 bits per heavy atom. The van der Waals surface area contributed by atoms with Gasteiger partial charge in [0.15, 0.2) is 0 Å². The van der Waals surface area contributed by atoms with Crippen molar-refractivity contribution in [3.8, 4) is 0 Å². The van der Waals surface area contributed by atoms with E-state index >= 15 is 0 Å². The minimum Gasteiger partial charge on any atom is -0.459 e. The Bertz CT molecular complexity index is 892. The molecule has 0 radical (unpaired) electrons. The zero-order chi connectivity index (χ0) is 19.6. The van der Waals surface area contributed by atoms with Gasteiger partial charge in [0.05, 0.1) is 27.2 Å². The van der Waals surface area contributed by atoms with E-state index in [4.69, 9.17) is 16.3 Å². The topological polar surface area (TPSA) is 98.5 Å². The monoisotopic (exact) mass is 396 g/mol. The number of benzene rings is 1. The van der Waals surface area contributed by atoms with E-state index in [0.29, 0.717) is 10.6 Å². The smallest absolute Gasteiger partial charge is 0.341 e. The number of hydrogen-bond acceptors (Lipinski definition) is 6. The van der Waals surface area contributed by atoms with Crippen LogP contribution < -0.4 is 5.32 Å². The first kappa shape index (κ1) is 19.9. The number of anilines is 1. The predicted octanol–water partition coefficient (Wildman–Crippen LogP) is 4.74. The number of amides is 1. The van der Waals surface area contributed by atoms with Crippen molar-refractivity contribution in [2.75, 3.05) is 5.32 Å². The van der Waals surface area contributed by atoms with Gasteiger partial charge in [0.2, 0.25) is 0 Å². The summed E-state index contributed by atoms with van der Waals surface area (Å²) in [5.74, 6) is -1.18. The van der Waals surface area contributed by atoms with Crippen LogP contribution in [-0.4, -0.2) is 22.9 Å². The number of hydrogen-bond donors (Lipinski definition) is 1. The van der Waals surface area contributed by atoms with Crippen LogP contribution in [0.2, 0.25) is 5.02 Å². The second-order valence-electron chi connectivity index (χ2n) is 5.82. The molecule has 1 aromatic carbocycles. The molecule has 0 bridgehead atoms. The van der Waals surface area contributed by atoms with Crippen molar-refractivity contribution in [2.24, 2.45) is 0 Å². The number of nitrogens with zero attached hydrogens (tertiary/aromatic N) is 1. The first-order valence-electron chi connectivity index (χ1n) is 7.68. The summed E-state index contributed by atoms with van der Waals surface area (Å²) in [5, 5.41) is 13.9. The van der Waals surface area contributed by atoms with Crippen LogP contribution >= 0.6 is 22.9 Å². The molecule has 0 atom stereocenters. The number of esters is 1. The quantitative estimate of drug-likeness (QED) is 0.447. The molecule has 2 rings (SSSR count). The van der Waals surface area contributed by atoms with Crippen LogP contribution in [0.3, 0.4) is 0 Å². The number of nitro benzene ring substituents is 1. The third kappa shape index (κ3) is 4.20. The molecule has 0 unspecified atom stereocenters. The summed E-state index contributed by atoms with van der Waals surface area (Å²) in [6, 6.07) is 3.59. The molecule has 0 saturated heterocycles. The molecule has 0 spiro atoms. The lowest BCUT2D eigenvalue weighted by atomic mass is 10.1. The molecule has 1 N–H and O–H groups in total. The van der Waals surface area contributed by atoms with Crippen molar-refractivity contribution in [1.29, 1.82) is 0 Å². The lowest BCUT2D eigenvalue weighted by molar-refractivity contribution is -0.384. The first-order valence-corrected chi connectivity index (χ1v) is 8.87. The number of nitro groups is 1. The van der Waals surface area contributed by atoms with Gasteiger partial charge in [-0.1, -0.05) is 11.6 Å². The van der Waals surface area contributed by atoms with Crippen LogP contribution in [0.1, 0.15) is 45.0 Å². The van der Waals surface area contributed by atoms with E-state index in [9.17, 15) is 19.7 Å². The van der Waals surface area contributed by atoms with Crippen LogP contribution in [0.25, 0.3) is 0 Å². The Kier molecular flexibility index (Phi) is 5.99. The van der Waals surface area contributed by atoms with Gasteiger partial charge in [0, 0.05) is 17.0 Å². The van der Waals surface area contributed by atoms with Crippen molar-refractivity contribution in [2.45, 2.75) is 33.8 Å². The molecule has 0 saturated carbocycles. The number of non-ortho nitro benzene ring substituents is 1. The van der Waals surface area contributed by atoms with Gasteiger partial charge in [-0.25, -0.2) is 4.79 Å². The molecule has 0 fully saturated rings. The van der Waals surface area contributed by atoms with Crippen LogP contribution in [0.5, 0.6) is 0 Å². The summed E-state index contributed by atoms with van der Waals surface area (Å²) in [4.78, 5) is 36.1. The molecule has 1 aromatic heterocycles. The van der Waals surface area contributed by atoms with E-state index in [1.54, 1.807) is 20.8 Å². The zero-order valence-electron chi connectivity index (χ0n) is 14.6. The Hall–Kier alpha value is -2.45. The van der Waals surface area contributed by atoms with Crippen molar-refractivity contribution in [3.63, 3.8) is 0 Å². The van der Waals surface area contributed by atoms with Gasteiger partial charge in [-0.15, -0.1) is 11.3 Å². The lowest BCUT2D eigenvalue weighted by Gasteiger charge is -2.11. The van der Waals surface area contributed by atoms with Gasteiger partial charge in [0.25, 0.3) is 11.6 Å². The van der Waals surface area contributed by atoms with E-state index in [1.807, 2.05) is 6.92 Å². The number of thiophene rings is 1. The highest BCUT2D eigenvalue weighted by atomic mass is 35.5. The van der Waals surface area contributed by atoms with E-state index in [1.165, 1.54) is 23.5 Å². The summed E-state index contributed by atoms with van der Waals surface area (Å²) in [7, 11) is 0. The van der Waals surface area contributed by atoms with Crippen molar-refractivity contribution < 1.29 is 19.2 Å². The van der Waals surface area contributed by atoms with Gasteiger partial charge in [0.1, 0.15) is 5.00 Å². The molecule has 7 nitrogen and oxygen atoms in total. The minimum atomic E-state index is -0.640. The Balaban J connectivity index is 2.39. The van der Waals surface area contributed by atoms with Crippen LogP contribution in [0, 0.1) is 24.0 Å². The van der Waals surface area contributed by atoms with Crippen molar-refractivity contribution in [1.82, 2.24) is 0 Å². The summed E-state index contributed by atoms with van der Waals surface area (Å²) in [6.07, 6.45) is -0.308. The number of ether oxygens (including phenoxy) is 1. The number of halogens is 1. The normalized spacial score (nSPS) is 10.7. The fraction of sp³-hybridized carbons (Fsp3) is 0.294. The second kappa shape index (κ2) is 7.84. The fourth-order valence-electron chi connectivity index (χ4n) is 2.21. The van der Waals surface area contributed by atoms with Gasteiger partial charge in [-0.05, 0) is 39.3 Å². The molecular formula is C17H17ClN2O5S. The Morgan fingerprint density at radius 3 is 2.54 bits per heavy atom. The van der Waals surface area contributed by atoms with Crippen molar-refractivity contribution >= 4 is 45.5 Å². The molecule has 0 aliphatic heterocycles. The maximum Gasteiger partial charge on any atom is 0.341 e. The highest BCUT2D eigenvalue weighted by Gasteiger charge is 2.24. The zero-order valence-corrected chi connectivity index (χ0v) is 16.2. The van der Waals surface area contributed by atoms with Gasteiger partial charge < -0.3 is 10.1 Å². The summed E-state index contributed by atoms with van der Waals surface area (Å²) in [6.45, 7) is 7.04. The van der Waals surface area contributed by atoms with Crippen LogP contribution in [-0.2, 0) is 4.74 Å². The summed E-state index contributed by atoms with van der Waals surface area (Å²) < 4.78 is 5.23. The maximum atomic E-state index is 12.6. The Labute approximate surface area is 159 Å². The third-order valence-electron chi connectivity index (χ3n) is 3.56. The van der Waals surface area contributed by atoms with Gasteiger partial charge in [-0.2, -0.15) is 0 Å². The van der Waals surface area contributed by atoms with E-state index < -0.39 is 16.8 Å². The number of rotatable bonds is 5. The number of carbonyl (C=O) groups is 2. The maximum absolute atomic E-state index is 12.6. The van der Waals surface area contributed by atoms with Crippen molar-refractivity contribution in [3.05, 3.63) is 54.9 Å². The fourth-order valence-corrected chi connectivity index (χ4v) is 3.45. The molecule has 26 heavy (non-hydrogen) atoms. The third-order valence-corrected chi connectivity index (χ3v) is 5.02. The van der Waals surface area contributed by atoms with E-state index in [2.05, 4.69) is 5.32 Å². The largest absolute Gasteiger partial charge is 0.459 e. The lowest BCUT2D eigenvalue weighted by Crippen LogP contribution is -2.17. The highest BCUT2D eigenvalue weighted by molar-refractivity contribution is 7.16. The molecule has 1 heterocycles. The highest BCUT2D eigenvalue weighted by Crippen LogP contribution is 2.34. The van der Waals surface area contributed by atoms with Gasteiger partial charge >= 0.3 is 5.97 Å². The Morgan fingerprint density at radius 2 is 1.96 bits per heavy atom. The predicted molar refractivity (Wildman–Crippen MR) is 100 cm³/mol. The molecule has 1 amide bonds. The van der Waals surface area contributed by atoms with Crippen LogP contribution in [0.4, 0.5) is 10.7 Å². The minimum absolute atomic E-state index is 0.0484. The van der Waals surface area contributed by atoms with E-state index in [0.717, 1.165) is 10.9 Å². The number of carbonyl (C=O) groups excluding carboxylic acids is 2.